The van der Waals surface area contributed by atoms with Gasteiger partial charge in [0.2, 0.25) is 5.96 Å². The van der Waals surface area contributed by atoms with E-state index >= 15 is 0 Å². The minimum Gasteiger partial charge on any atom is -0.444 e. The van der Waals surface area contributed by atoms with Gasteiger partial charge < -0.3 is 9.47 Å². The molecular weight excluding hydrogens is 410 g/mol. The lowest BCUT2D eigenvalue weighted by Crippen LogP contribution is -2.47. The first-order valence-corrected chi connectivity index (χ1v) is 8.87. The molecule has 0 aliphatic carbocycles. The van der Waals surface area contributed by atoms with Crippen LogP contribution in [0, 0.1) is 5.82 Å². The molecule has 0 saturated carbocycles. The van der Waals surface area contributed by atoms with Crippen molar-refractivity contribution < 1.29 is 36.6 Å². The predicted octanol–water partition coefficient (Wildman–Crippen LogP) is 4.75. The summed E-state index contributed by atoms with van der Waals surface area (Å²) < 4.78 is 63.5. The van der Waals surface area contributed by atoms with Crippen molar-refractivity contribution in [1.82, 2.24) is 10.6 Å². The summed E-state index contributed by atoms with van der Waals surface area (Å²) >= 11 is 0. The predicted molar refractivity (Wildman–Crippen MR) is 101 cm³/mol. The molecule has 11 heteroatoms. The van der Waals surface area contributed by atoms with Gasteiger partial charge in [-0.2, -0.15) is 13.2 Å². The highest BCUT2D eigenvalue weighted by atomic mass is 19.4. The molecule has 1 rings (SSSR count). The molecule has 2 amide bonds. The molecule has 0 aliphatic heterocycles. The van der Waals surface area contributed by atoms with Gasteiger partial charge in [-0.1, -0.05) is 6.07 Å². The monoisotopic (exact) mass is 435 g/mol. The third-order valence-electron chi connectivity index (χ3n) is 3.06. The third kappa shape index (κ3) is 9.10. The lowest BCUT2D eigenvalue weighted by atomic mass is 10.1. The molecule has 168 valence electrons. The molecule has 0 spiro atoms. The first kappa shape index (κ1) is 25.2. The number of hydrogen-bond acceptors (Lipinski definition) is 5. The van der Waals surface area contributed by atoms with Crippen LogP contribution in [0.25, 0.3) is 0 Å². The highest BCUT2D eigenvalue weighted by Crippen LogP contribution is 2.33. The van der Waals surface area contributed by atoms with Gasteiger partial charge in [-0.3, -0.25) is 10.6 Å². The van der Waals surface area contributed by atoms with Crippen LogP contribution in [0.3, 0.4) is 0 Å². The summed E-state index contributed by atoms with van der Waals surface area (Å²) in [7, 11) is 0. The average molecular weight is 435 g/mol. The molecule has 0 bridgehead atoms. The Hall–Kier alpha value is -2.85. The molecule has 1 aromatic carbocycles. The van der Waals surface area contributed by atoms with E-state index in [2.05, 4.69) is 15.6 Å². The number of alkyl halides is 3. The fourth-order valence-corrected chi connectivity index (χ4v) is 2.05. The van der Waals surface area contributed by atoms with E-state index in [1.54, 1.807) is 41.5 Å². The van der Waals surface area contributed by atoms with E-state index < -0.39 is 59.0 Å². The summed E-state index contributed by atoms with van der Waals surface area (Å²) in [4.78, 5) is 27.7. The highest BCUT2D eigenvalue weighted by Gasteiger charge is 2.34. The Labute approximate surface area is 171 Å². The fourth-order valence-electron chi connectivity index (χ4n) is 2.05. The number of halogens is 4. The lowest BCUT2D eigenvalue weighted by molar-refractivity contribution is -0.138. The van der Waals surface area contributed by atoms with Crippen LogP contribution >= 0.6 is 0 Å². The van der Waals surface area contributed by atoms with Crippen LogP contribution in [0.15, 0.2) is 23.2 Å². The maximum Gasteiger partial charge on any atom is 0.416 e. The zero-order valence-corrected chi connectivity index (χ0v) is 17.5. The summed E-state index contributed by atoms with van der Waals surface area (Å²) in [6.07, 6.45) is -6.87. The molecule has 7 nitrogen and oxygen atoms in total. The van der Waals surface area contributed by atoms with Crippen LogP contribution in [0.4, 0.5) is 27.2 Å². The molecular formula is C19H25F4N3O4. The number of aliphatic imine (C=N–C) groups is 1. The number of carbonyl (C=O) groups is 2. The SMILES string of the molecule is CC(C)(C)OC(=O)NC(=NCc1c(F)cccc1C(F)(F)F)NC(=O)OC(C)(C)C. The number of carbonyl (C=O) groups excluding carboxylic acids is 2. The molecule has 30 heavy (non-hydrogen) atoms. The van der Waals surface area contributed by atoms with Crippen LogP contribution in [-0.2, 0) is 22.2 Å². The summed E-state index contributed by atoms with van der Waals surface area (Å²) in [5.41, 5.74) is -3.76. The van der Waals surface area contributed by atoms with Crippen molar-refractivity contribution in [3.05, 3.63) is 35.1 Å². The smallest absolute Gasteiger partial charge is 0.416 e. The molecule has 0 heterocycles. The van der Waals surface area contributed by atoms with Gasteiger partial charge in [0.15, 0.2) is 0 Å². The van der Waals surface area contributed by atoms with Gasteiger partial charge in [0, 0.05) is 5.56 Å². The van der Waals surface area contributed by atoms with Crippen LogP contribution < -0.4 is 10.6 Å². The van der Waals surface area contributed by atoms with Crippen molar-refractivity contribution in [3.63, 3.8) is 0 Å². The molecule has 1 aromatic rings. The number of alkyl carbamates (subject to hydrolysis) is 2. The molecule has 0 aromatic heterocycles. The van der Waals surface area contributed by atoms with Crippen LogP contribution in [0.1, 0.15) is 52.7 Å². The second-order valence-electron chi connectivity index (χ2n) is 8.18. The topological polar surface area (TPSA) is 89.0 Å². The summed E-state index contributed by atoms with van der Waals surface area (Å²) in [5, 5.41) is 4.22. The minimum atomic E-state index is -4.82. The van der Waals surface area contributed by atoms with E-state index in [0.717, 1.165) is 12.1 Å². The molecule has 2 N–H and O–H groups in total. The van der Waals surface area contributed by atoms with E-state index in [9.17, 15) is 27.2 Å². The molecule has 0 atom stereocenters. The van der Waals surface area contributed by atoms with Crippen molar-refractivity contribution in [2.75, 3.05) is 0 Å². The van der Waals surface area contributed by atoms with Crippen LogP contribution in [0.5, 0.6) is 0 Å². The summed E-state index contributed by atoms with van der Waals surface area (Å²) in [6.45, 7) is 8.68. The largest absolute Gasteiger partial charge is 0.444 e. The second-order valence-corrected chi connectivity index (χ2v) is 8.18. The van der Waals surface area contributed by atoms with Gasteiger partial charge in [0.25, 0.3) is 0 Å². The number of nitrogens with zero attached hydrogens (tertiary/aromatic N) is 1. The Kier molecular flexibility index (Phi) is 7.82. The van der Waals surface area contributed by atoms with Gasteiger partial charge in [-0.15, -0.1) is 0 Å². The molecule has 0 radical (unpaired) electrons. The zero-order chi connectivity index (χ0) is 23.3. The standard InChI is InChI=1S/C19H25F4N3O4/c1-17(2,3)29-15(27)25-14(26-16(28)30-18(4,5)6)24-10-11-12(19(21,22)23)8-7-9-13(11)20/h7-9H,10H2,1-6H3,(H2,24,25,26,27,28). The lowest BCUT2D eigenvalue weighted by Gasteiger charge is -2.22. The van der Waals surface area contributed by atoms with Crippen LogP contribution in [0.2, 0.25) is 0 Å². The van der Waals surface area contributed by atoms with E-state index in [1.165, 1.54) is 0 Å². The molecule has 0 unspecified atom stereocenters. The van der Waals surface area contributed by atoms with Crippen molar-refractivity contribution in [1.29, 1.82) is 0 Å². The van der Waals surface area contributed by atoms with E-state index in [1.807, 2.05) is 0 Å². The van der Waals surface area contributed by atoms with Gasteiger partial charge in [0.05, 0.1) is 12.1 Å². The number of nitrogens with one attached hydrogen (secondary N) is 2. The van der Waals surface area contributed by atoms with E-state index in [4.69, 9.17) is 9.47 Å². The van der Waals surface area contributed by atoms with Crippen molar-refractivity contribution >= 4 is 18.1 Å². The first-order valence-electron chi connectivity index (χ1n) is 8.87. The Bertz CT molecular complexity index is 777. The maximum atomic E-state index is 14.0. The Morgan fingerprint density at radius 3 is 1.80 bits per heavy atom. The van der Waals surface area contributed by atoms with Gasteiger partial charge in [-0.05, 0) is 53.7 Å². The maximum absolute atomic E-state index is 14.0. The summed E-state index contributed by atoms with van der Waals surface area (Å²) in [5.74, 6) is -1.70. The average Bonchev–Trinajstić information content (AvgIpc) is 2.48. The highest BCUT2D eigenvalue weighted by molar-refractivity contribution is 6.01. The normalized spacial score (nSPS) is 12.1. The minimum absolute atomic E-state index is 0.560. The number of guanidine groups is 1. The van der Waals surface area contributed by atoms with Crippen molar-refractivity contribution in [3.8, 4) is 0 Å². The number of hydrogen-bond donors (Lipinski definition) is 2. The van der Waals surface area contributed by atoms with Crippen molar-refractivity contribution in [2.45, 2.75) is 65.5 Å². The Morgan fingerprint density at radius 1 is 0.933 bits per heavy atom. The summed E-state index contributed by atoms with van der Waals surface area (Å²) in [6, 6.07) is 2.47. The number of benzene rings is 1. The van der Waals surface area contributed by atoms with Crippen molar-refractivity contribution in [2.24, 2.45) is 4.99 Å². The first-order chi connectivity index (χ1) is 13.5. The van der Waals surface area contributed by atoms with Crippen LogP contribution in [-0.4, -0.2) is 29.3 Å². The van der Waals surface area contributed by atoms with Gasteiger partial charge >= 0.3 is 18.4 Å². The van der Waals surface area contributed by atoms with Gasteiger partial charge in [-0.25, -0.2) is 19.0 Å². The fraction of sp³-hybridized carbons (Fsp3) is 0.526. The van der Waals surface area contributed by atoms with Gasteiger partial charge in [0.1, 0.15) is 17.0 Å². The quantitative estimate of drug-likeness (QED) is 0.399. The zero-order valence-electron chi connectivity index (χ0n) is 17.5. The van der Waals surface area contributed by atoms with E-state index in [0.29, 0.717) is 6.07 Å². The number of rotatable bonds is 2. The molecule has 0 aliphatic rings. The van der Waals surface area contributed by atoms with E-state index in [-0.39, 0.29) is 0 Å². The Morgan fingerprint density at radius 2 is 1.40 bits per heavy atom. The number of amides is 2. The number of ether oxygens (including phenoxy) is 2. The molecule has 0 fully saturated rings. The second kappa shape index (κ2) is 9.31. The molecule has 0 saturated heterocycles. The Balaban J connectivity index is 3.17. The third-order valence-corrected chi connectivity index (χ3v) is 3.06.